The minimum Gasteiger partial charge on any atom is -0.481 e. The molecule has 0 saturated heterocycles. The fourth-order valence-electron chi connectivity index (χ4n) is 2.06. The molecule has 2 aromatic heterocycles. The molecule has 8 nitrogen and oxygen atoms in total. The average molecular weight is 452 g/mol. The Bertz CT molecular complexity index is 717. The first-order valence-electron chi connectivity index (χ1n) is 9.32. The van der Waals surface area contributed by atoms with Gasteiger partial charge in [-0.15, -0.1) is 0 Å². The summed E-state index contributed by atoms with van der Waals surface area (Å²) in [6.45, 7) is 9.83. The third kappa shape index (κ3) is 15.8. The lowest BCUT2D eigenvalue weighted by Gasteiger charge is -2.14. The molecule has 0 unspecified atom stereocenters. The molecular weight excluding hydrogens is 410 g/mol. The number of rotatable bonds is 8. The van der Waals surface area contributed by atoms with Crippen LogP contribution < -0.4 is 9.47 Å². The Morgan fingerprint density at radius 3 is 1.72 bits per heavy atom. The second kappa shape index (κ2) is 26.0. The molecule has 8 heteroatoms. The van der Waals surface area contributed by atoms with E-state index in [1.54, 1.807) is 39.8 Å². The monoisotopic (exact) mass is 451 g/mol. The predicted molar refractivity (Wildman–Crippen MR) is 130 cm³/mol. The molecule has 2 aromatic rings. The zero-order valence-electron chi connectivity index (χ0n) is 18.9. The fraction of sp³-hybridized carbons (Fsp3) is 0.500. The molecule has 0 radical (unpaired) electrons. The van der Waals surface area contributed by atoms with Gasteiger partial charge in [0.1, 0.15) is 6.29 Å². The lowest BCUT2D eigenvalue weighted by atomic mass is 10.2. The number of pyridine rings is 2. The van der Waals surface area contributed by atoms with Crippen molar-refractivity contribution in [3.8, 4) is 11.8 Å². The van der Waals surface area contributed by atoms with Gasteiger partial charge in [0, 0.05) is 50.6 Å². The first-order chi connectivity index (χ1) is 14.6. The molecule has 0 saturated carbocycles. The third-order valence-corrected chi connectivity index (χ3v) is 3.30. The van der Waals surface area contributed by atoms with Gasteiger partial charge < -0.3 is 28.6 Å². The van der Waals surface area contributed by atoms with E-state index in [0.717, 1.165) is 17.4 Å². The van der Waals surface area contributed by atoms with Crippen molar-refractivity contribution in [2.75, 3.05) is 35.5 Å². The number of carbonyl (C=O) groups is 1. The normalized spacial score (nSPS) is 8.22. The summed E-state index contributed by atoms with van der Waals surface area (Å²) in [4.78, 5) is 20.9. The molecule has 0 bridgehead atoms. The first kappa shape index (κ1) is 36.4. The van der Waals surface area contributed by atoms with Crippen LogP contribution in [-0.4, -0.2) is 58.0 Å². The SMILES string of the molecule is C.C.CC.COc1ncccc1CC(OC)OC.COc1ncccc1CC=O.[C-]#[N+]C. The zero-order chi connectivity index (χ0) is 23.2. The van der Waals surface area contributed by atoms with E-state index >= 15 is 0 Å². The zero-order valence-corrected chi connectivity index (χ0v) is 18.9. The van der Waals surface area contributed by atoms with Gasteiger partial charge in [-0.05, 0) is 12.1 Å². The van der Waals surface area contributed by atoms with Crippen LogP contribution in [0.2, 0.25) is 0 Å². The maximum Gasteiger partial charge on any atom is 0.216 e. The summed E-state index contributed by atoms with van der Waals surface area (Å²) in [5.41, 5.74) is 1.80. The number of nitrogens with zero attached hydrogens (tertiary/aromatic N) is 3. The third-order valence-electron chi connectivity index (χ3n) is 3.30. The molecule has 0 spiro atoms. The second-order valence-corrected chi connectivity index (χ2v) is 5.04. The number of hydrogen-bond donors (Lipinski definition) is 0. The van der Waals surface area contributed by atoms with Crippen molar-refractivity contribution in [2.24, 2.45) is 0 Å². The van der Waals surface area contributed by atoms with Gasteiger partial charge in [0.15, 0.2) is 6.29 Å². The highest BCUT2D eigenvalue weighted by atomic mass is 16.7. The van der Waals surface area contributed by atoms with E-state index in [0.29, 0.717) is 24.6 Å². The van der Waals surface area contributed by atoms with Crippen LogP contribution in [0.5, 0.6) is 11.8 Å². The molecule has 2 rings (SSSR count). The van der Waals surface area contributed by atoms with Gasteiger partial charge in [0.2, 0.25) is 18.8 Å². The van der Waals surface area contributed by atoms with Crippen LogP contribution in [0.15, 0.2) is 36.7 Å². The van der Waals surface area contributed by atoms with Crippen LogP contribution >= 0.6 is 0 Å². The van der Waals surface area contributed by atoms with Crippen molar-refractivity contribution < 1.29 is 23.7 Å². The Morgan fingerprint density at radius 1 is 0.938 bits per heavy atom. The summed E-state index contributed by atoms with van der Waals surface area (Å²) in [7, 11) is 7.77. The van der Waals surface area contributed by atoms with Crippen molar-refractivity contribution in [1.82, 2.24) is 9.97 Å². The van der Waals surface area contributed by atoms with E-state index in [2.05, 4.69) is 14.8 Å². The number of carbonyl (C=O) groups excluding carboxylic acids is 1. The Labute approximate surface area is 194 Å². The van der Waals surface area contributed by atoms with Crippen molar-refractivity contribution in [1.29, 1.82) is 0 Å². The molecule has 182 valence electrons. The van der Waals surface area contributed by atoms with Crippen LogP contribution in [0.1, 0.15) is 39.8 Å². The number of hydrogen-bond acceptors (Lipinski definition) is 7. The largest absolute Gasteiger partial charge is 0.481 e. The highest BCUT2D eigenvalue weighted by Crippen LogP contribution is 2.16. The molecule has 0 aliphatic rings. The number of aldehydes is 1. The molecule has 2 heterocycles. The number of methoxy groups -OCH3 is 4. The van der Waals surface area contributed by atoms with E-state index in [4.69, 9.17) is 25.5 Å². The van der Waals surface area contributed by atoms with E-state index in [1.807, 2.05) is 32.0 Å². The maximum absolute atomic E-state index is 10.2. The molecule has 0 fully saturated rings. The minimum atomic E-state index is -0.256. The summed E-state index contributed by atoms with van der Waals surface area (Å²) in [5, 5.41) is 0. The average Bonchev–Trinajstić information content (AvgIpc) is 2.80. The van der Waals surface area contributed by atoms with Gasteiger partial charge in [0.05, 0.1) is 14.2 Å². The lowest BCUT2D eigenvalue weighted by molar-refractivity contribution is -0.107. The molecule has 0 aromatic carbocycles. The van der Waals surface area contributed by atoms with Gasteiger partial charge in [-0.3, -0.25) is 0 Å². The second-order valence-electron chi connectivity index (χ2n) is 5.04. The smallest absolute Gasteiger partial charge is 0.216 e. The molecule has 0 atom stereocenters. The van der Waals surface area contributed by atoms with Crippen LogP contribution in [0.4, 0.5) is 0 Å². The van der Waals surface area contributed by atoms with Crippen LogP contribution in [0.3, 0.4) is 0 Å². The lowest BCUT2D eigenvalue weighted by Crippen LogP contribution is -2.16. The summed E-state index contributed by atoms with van der Waals surface area (Å²) in [6, 6.07) is 7.40. The number of ether oxygens (including phenoxy) is 4. The van der Waals surface area contributed by atoms with E-state index in [1.165, 1.54) is 14.2 Å². The van der Waals surface area contributed by atoms with Gasteiger partial charge >= 0.3 is 0 Å². The van der Waals surface area contributed by atoms with Gasteiger partial charge in [-0.2, -0.15) is 0 Å². The van der Waals surface area contributed by atoms with E-state index in [-0.39, 0.29) is 21.1 Å². The molecule has 0 aliphatic heterocycles. The van der Waals surface area contributed by atoms with Gasteiger partial charge in [-0.1, -0.05) is 40.8 Å². The Balaban J connectivity index is -0.000000197. The summed E-state index contributed by atoms with van der Waals surface area (Å²) in [6.07, 6.45) is 4.89. The molecule has 32 heavy (non-hydrogen) atoms. The summed E-state index contributed by atoms with van der Waals surface area (Å²) < 4.78 is 20.2. The highest BCUT2D eigenvalue weighted by molar-refractivity contribution is 5.56. The number of aromatic nitrogens is 2. The van der Waals surface area contributed by atoms with Crippen molar-refractivity contribution in [3.63, 3.8) is 0 Å². The van der Waals surface area contributed by atoms with Crippen molar-refractivity contribution in [3.05, 3.63) is 59.2 Å². The fourth-order valence-corrected chi connectivity index (χ4v) is 2.06. The first-order valence-corrected chi connectivity index (χ1v) is 9.32. The Morgan fingerprint density at radius 2 is 1.34 bits per heavy atom. The Kier molecular flexibility index (Phi) is 29.6. The predicted octanol–water partition coefficient (Wildman–Crippen LogP) is 4.92. The van der Waals surface area contributed by atoms with Crippen molar-refractivity contribution >= 4 is 6.29 Å². The van der Waals surface area contributed by atoms with E-state index < -0.39 is 0 Å². The van der Waals surface area contributed by atoms with Crippen LogP contribution in [0.25, 0.3) is 4.85 Å². The summed E-state index contributed by atoms with van der Waals surface area (Å²) in [5.74, 6) is 1.14. The minimum absolute atomic E-state index is 0. The standard InChI is InChI=1S/C10H15NO3.C8H9NO2.C2H3N.C2H6.2CH4/c1-12-9(13-2)7-8-5-4-6-11-10(8)14-3;1-11-8-7(4-6-10)3-2-5-9-8;1-3-2;1-2;;/h4-6,9H,7H2,1-3H3;2-3,5-6H,4H2,1H3;1H3;1-2H3;2*1H4. The van der Waals surface area contributed by atoms with Crippen molar-refractivity contribution in [2.45, 2.75) is 47.8 Å². The quantitative estimate of drug-likeness (QED) is 0.320. The molecule has 0 aliphatic carbocycles. The maximum atomic E-state index is 10.2. The summed E-state index contributed by atoms with van der Waals surface area (Å²) >= 11 is 0. The highest BCUT2D eigenvalue weighted by Gasteiger charge is 2.10. The molecular formula is C24H41N3O5. The van der Waals surface area contributed by atoms with E-state index in [9.17, 15) is 4.79 Å². The van der Waals surface area contributed by atoms with Crippen LogP contribution in [-0.2, 0) is 27.1 Å². The van der Waals surface area contributed by atoms with Crippen LogP contribution in [0, 0.1) is 6.57 Å². The van der Waals surface area contributed by atoms with Gasteiger partial charge in [0.25, 0.3) is 0 Å². The topological polar surface area (TPSA) is 84.1 Å². The Hall–Kier alpha value is -3.02. The molecule has 0 N–H and O–H groups in total. The molecule has 0 amide bonds. The van der Waals surface area contributed by atoms with Gasteiger partial charge in [-0.25, -0.2) is 16.5 Å².